The van der Waals surface area contributed by atoms with Crippen molar-refractivity contribution in [2.75, 3.05) is 5.32 Å². The Bertz CT molecular complexity index is 463. The van der Waals surface area contributed by atoms with Crippen LogP contribution in [0.4, 0.5) is 5.82 Å². The van der Waals surface area contributed by atoms with Gasteiger partial charge < -0.3 is 10.4 Å². The number of hydrogen-bond acceptors (Lipinski definition) is 4. The molecule has 1 aliphatic rings. The number of nitrogens with one attached hydrogen (secondary N) is 1. The van der Waals surface area contributed by atoms with Gasteiger partial charge in [0, 0.05) is 0 Å². The van der Waals surface area contributed by atoms with Gasteiger partial charge in [-0.25, -0.2) is 9.97 Å². The van der Waals surface area contributed by atoms with Crippen LogP contribution in [-0.4, -0.2) is 27.0 Å². The van der Waals surface area contributed by atoms with Crippen LogP contribution in [0.5, 0.6) is 0 Å². The Morgan fingerprint density at radius 3 is 2.61 bits per heavy atom. The molecule has 1 saturated carbocycles. The second-order valence-corrected chi connectivity index (χ2v) is 5.01. The average molecular weight is 314 g/mol. The fourth-order valence-electron chi connectivity index (χ4n) is 2.17. The van der Waals surface area contributed by atoms with Crippen LogP contribution in [0, 0.1) is 11.8 Å². The number of amides is 1. The lowest BCUT2D eigenvalue weighted by Gasteiger charge is -2.14. The maximum Gasteiger partial charge on any atom is 0.307 e. The molecule has 0 saturated heterocycles. The molecule has 0 radical (unpaired) electrons. The fourth-order valence-corrected chi connectivity index (χ4v) is 2.37. The van der Waals surface area contributed by atoms with E-state index in [1.807, 2.05) is 0 Å². The third kappa shape index (κ3) is 2.84. The molecule has 2 rings (SSSR count). The van der Waals surface area contributed by atoms with E-state index >= 15 is 0 Å². The highest BCUT2D eigenvalue weighted by molar-refractivity contribution is 9.10. The minimum Gasteiger partial charge on any atom is -0.481 e. The van der Waals surface area contributed by atoms with E-state index in [2.05, 4.69) is 31.2 Å². The molecule has 2 N–H and O–H groups in total. The summed E-state index contributed by atoms with van der Waals surface area (Å²) in [5, 5.41) is 11.6. The Hall–Kier alpha value is -1.50. The zero-order valence-corrected chi connectivity index (χ0v) is 11.1. The van der Waals surface area contributed by atoms with Crippen molar-refractivity contribution in [3.63, 3.8) is 0 Å². The smallest absolute Gasteiger partial charge is 0.307 e. The van der Waals surface area contributed by atoms with Gasteiger partial charge in [-0.1, -0.05) is 6.42 Å². The lowest BCUT2D eigenvalue weighted by Crippen LogP contribution is -2.30. The zero-order chi connectivity index (χ0) is 13.1. The Labute approximate surface area is 112 Å². The highest BCUT2D eigenvalue weighted by Gasteiger charge is 2.37. The van der Waals surface area contributed by atoms with Gasteiger partial charge in [-0.05, 0) is 28.8 Å². The molecule has 2 atom stereocenters. The van der Waals surface area contributed by atoms with E-state index in [0.29, 0.717) is 23.3 Å². The van der Waals surface area contributed by atoms with Gasteiger partial charge in [-0.15, -0.1) is 0 Å². The first kappa shape index (κ1) is 12.9. The lowest BCUT2D eigenvalue weighted by atomic mass is 9.95. The van der Waals surface area contributed by atoms with Crippen molar-refractivity contribution in [3.05, 3.63) is 17.0 Å². The summed E-state index contributed by atoms with van der Waals surface area (Å²) in [4.78, 5) is 30.9. The number of aromatic nitrogens is 2. The standard InChI is InChI=1S/C11H12BrN3O3/c12-8-4-14-9(5-13-8)15-10(16)6-2-1-3-7(6)11(17)18/h4-7H,1-3H2,(H,17,18)(H,14,15,16). The number of carboxylic acids is 1. The second-order valence-electron chi connectivity index (χ2n) is 4.20. The Kier molecular flexibility index (Phi) is 3.90. The van der Waals surface area contributed by atoms with Crippen molar-refractivity contribution >= 4 is 33.6 Å². The van der Waals surface area contributed by atoms with Gasteiger partial charge >= 0.3 is 5.97 Å². The highest BCUT2D eigenvalue weighted by atomic mass is 79.9. The van der Waals surface area contributed by atoms with Crippen molar-refractivity contribution in [2.45, 2.75) is 19.3 Å². The van der Waals surface area contributed by atoms with Crippen molar-refractivity contribution < 1.29 is 14.7 Å². The first-order valence-corrected chi connectivity index (χ1v) is 6.38. The largest absolute Gasteiger partial charge is 0.481 e. The summed E-state index contributed by atoms with van der Waals surface area (Å²) in [7, 11) is 0. The van der Waals surface area contributed by atoms with Crippen LogP contribution in [0.15, 0.2) is 17.0 Å². The van der Waals surface area contributed by atoms with Gasteiger partial charge in [-0.2, -0.15) is 0 Å². The summed E-state index contributed by atoms with van der Waals surface area (Å²) in [6, 6.07) is 0. The van der Waals surface area contributed by atoms with Crippen molar-refractivity contribution in [1.82, 2.24) is 9.97 Å². The van der Waals surface area contributed by atoms with E-state index in [1.54, 1.807) is 0 Å². The zero-order valence-electron chi connectivity index (χ0n) is 9.47. The van der Waals surface area contributed by atoms with E-state index in [9.17, 15) is 9.59 Å². The summed E-state index contributed by atoms with van der Waals surface area (Å²) in [5.74, 6) is -1.94. The topological polar surface area (TPSA) is 92.2 Å². The Morgan fingerprint density at radius 1 is 1.28 bits per heavy atom. The Balaban J connectivity index is 2.03. The van der Waals surface area contributed by atoms with Crippen LogP contribution in [0.3, 0.4) is 0 Å². The molecule has 1 aliphatic carbocycles. The molecule has 96 valence electrons. The van der Waals surface area contributed by atoms with Crippen LogP contribution in [0.2, 0.25) is 0 Å². The maximum atomic E-state index is 12.0. The molecule has 6 nitrogen and oxygen atoms in total. The number of anilines is 1. The molecule has 2 unspecified atom stereocenters. The number of carboxylic acid groups (broad SMARTS) is 1. The number of nitrogens with zero attached hydrogens (tertiary/aromatic N) is 2. The molecular weight excluding hydrogens is 302 g/mol. The number of carbonyl (C=O) groups excluding carboxylic acids is 1. The molecule has 18 heavy (non-hydrogen) atoms. The van der Waals surface area contributed by atoms with Gasteiger partial charge in [0.2, 0.25) is 5.91 Å². The predicted octanol–water partition coefficient (Wildman–Crippen LogP) is 1.68. The van der Waals surface area contributed by atoms with Crippen LogP contribution in [0.25, 0.3) is 0 Å². The summed E-state index contributed by atoms with van der Waals surface area (Å²) in [6.07, 6.45) is 4.82. The molecular formula is C11H12BrN3O3. The molecule has 0 bridgehead atoms. The summed E-state index contributed by atoms with van der Waals surface area (Å²) < 4.78 is 0.574. The molecule has 7 heteroatoms. The number of hydrogen-bond donors (Lipinski definition) is 2. The van der Waals surface area contributed by atoms with E-state index in [-0.39, 0.29) is 5.91 Å². The van der Waals surface area contributed by atoms with E-state index in [0.717, 1.165) is 6.42 Å². The van der Waals surface area contributed by atoms with E-state index in [1.165, 1.54) is 12.4 Å². The predicted molar refractivity (Wildman–Crippen MR) is 66.8 cm³/mol. The molecule has 1 amide bonds. The maximum absolute atomic E-state index is 12.0. The second kappa shape index (κ2) is 5.43. The normalized spacial score (nSPS) is 22.7. The first-order chi connectivity index (χ1) is 8.58. The Morgan fingerprint density at radius 2 is 2.00 bits per heavy atom. The number of aliphatic carboxylic acids is 1. The van der Waals surface area contributed by atoms with Gasteiger partial charge in [0.25, 0.3) is 0 Å². The molecule has 1 heterocycles. The van der Waals surface area contributed by atoms with Crippen LogP contribution < -0.4 is 5.32 Å². The SMILES string of the molecule is O=C(O)C1CCCC1C(=O)Nc1cnc(Br)cn1. The minimum absolute atomic E-state index is 0.295. The average Bonchev–Trinajstić information content (AvgIpc) is 2.81. The van der Waals surface area contributed by atoms with Gasteiger partial charge in [0.05, 0.1) is 24.2 Å². The van der Waals surface area contributed by atoms with Crippen LogP contribution >= 0.6 is 15.9 Å². The van der Waals surface area contributed by atoms with Crippen molar-refractivity contribution in [2.24, 2.45) is 11.8 Å². The molecule has 0 aromatic carbocycles. The third-order valence-electron chi connectivity index (χ3n) is 3.04. The van der Waals surface area contributed by atoms with Crippen LogP contribution in [-0.2, 0) is 9.59 Å². The van der Waals surface area contributed by atoms with Gasteiger partial charge in [-0.3, -0.25) is 9.59 Å². The molecule has 1 aromatic rings. The van der Waals surface area contributed by atoms with E-state index < -0.39 is 17.8 Å². The third-order valence-corrected chi connectivity index (χ3v) is 3.45. The summed E-state index contributed by atoms with van der Waals surface area (Å²) in [6.45, 7) is 0. The highest BCUT2D eigenvalue weighted by Crippen LogP contribution is 2.32. The van der Waals surface area contributed by atoms with Gasteiger partial charge in [0.1, 0.15) is 4.60 Å². The van der Waals surface area contributed by atoms with Crippen molar-refractivity contribution in [1.29, 1.82) is 0 Å². The monoisotopic (exact) mass is 313 g/mol. The molecule has 1 aromatic heterocycles. The van der Waals surface area contributed by atoms with E-state index in [4.69, 9.17) is 5.11 Å². The summed E-state index contributed by atoms with van der Waals surface area (Å²) >= 11 is 3.14. The van der Waals surface area contributed by atoms with Crippen LogP contribution in [0.1, 0.15) is 19.3 Å². The minimum atomic E-state index is -0.908. The number of carbonyl (C=O) groups is 2. The number of rotatable bonds is 3. The fraction of sp³-hybridized carbons (Fsp3) is 0.455. The first-order valence-electron chi connectivity index (χ1n) is 5.59. The summed E-state index contributed by atoms with van der Waals surface area (Å²) in [5.41, 5.74) is 0. The molecule has 0 spiro atoms. The van der Waals surface area contributed by atoms with Crippen molar-refractivity contribution in [3.8, 4) is 0 Å². The molecule has 1 fully saturated rings. The lowest BCUT2D eigenvalue weighted by molar-refractivity contribution is -0.145. The van der Waals surface area contributed by atoms with Gasteiger partial charge in [0.15, 0.2) is 5.82 Å². The quantitative estimate of drug-likeness (QED) is 0.885. The number of halogens is 1. The molecule has 0 aliphatic heterocycles.